The normalized spacial score (nSPS) is 24.1. The van der Waals surface area contributed by atoms with Crippen molar-refractivity contribution in [3.8, 4) is 11.4 Å². The molecule has 3 aliphatic rings. The molecule has 2 aromatic heterocycles. The van der Waals surface area contributed by atoms with Gasteiger partial charge in [0.2, 0.25) is 5.95 Å². The van der Waals surface area contributed by atoms with Gasteiger partial charge in [0.1, 0.15) is 11.4 Å². The minimum Gasteiger partial charge on any atom is -0.381 e. The smallest absolute Gasteiger partial charge is 0.321 e. The van der Waals surface area contributed by atoms with Crippen LogP contribution in [0.4, 0.5) is 21.0 Å². The van der Waals surface area contributed by atoms with Crippen LogP contribution in [0.3, 0.4) is 0 Å². The van der Waals surface area contributed by atoms with Crippen LogP contribution in [-0.2, 0) is 16.8 Å². The van der Waals surface area contributed by atoms with Crippen LogP contribution >= 0.6 is 0 Å². The first-order valence-corrected chi connectivity index (χ1v) is 13.7. The molecule has 2 saturated heterocycles. The van der Waals surface area contributed by atoms with Crippen molar-refractivity contribution in [1.82, 2.24) is 34.9 Å². The molecule has 11 nitrogen and oxygen atoms in total. The number of ether oxygens (including phenoxy) is 1. The van der Waals surface area contributed by atoms with Crippen molar-refractivity contribution in [2.24, 2.45) is 5.92 Å². The Morgan fingerprint density at radius 1 is 1.18 bits per heavy atom. The van der Waals surface area contributed by atoms with Crippen LogP contribution in [0.15, 0.2) is 0 Å². The number of rotatable bonds is 5. The summed E-state index contributed by atoms with van der Waals surface area (Å²) in [5.74, 6) is -0.0656. The lowest BCUT2D eigenvalue weighted by Gasteiger charge is -2.47. The molecule has 0 spiro atoms. The zero-order valence-electron chi connectivity index (χ0n) is 23.1. The average molecular weight is 530 g/mol. The number of nitrogen functional groups attached to an aromatic ring is 1. The van der Waals surface area contributed by atoms with E-state index in [2.05, 4.69) is 44.2 Å². The number of urea groups is 1. The van der Waals surface area contributed by atoms with E-state index in [1.807, 2.05) is 30.6 Å². The van der Waals surface area contributed by atoms with Crippen LogP contribution < -0.4 is 11.1 Å². The van der Waals surface area contributed by atoms with Gasteiger partial charge < -0.3 is 25.6 Å². The second-order valence-electron chi connectivity index (χ2n) is 11.3. The highest BCUT2D eigenvalue weighted by molar-refractivity contribution is 5.78. The van der Waals surface area contributed by atoms with Gasteiger partial charge in [-0.1, -0.05) is 0 Å². The van der Waals surface area contributed by atoms with E-state index in [0.29, 0.717) is 31.2 Å². The summed E-state index contributed by atoms with van der Waals surface area (Å²) in [6, 6.07) is 0.320. The molecule has 5 heterocycles. The standard InChI is InChI=1S/C26H40FN9O2/c1-6-29-24-30-21(19(27)23(28)31-24)20-18-14-36(26(4,5)22(18)33-32-20)25(37)35-12-15(2)34(11-16(35)3)13-17-7-9-38-10-8-17/h15-17H,6-14H2,1-5H3,(H,32,33)(H3,28,29,30,31)/t15?,16-/m0/s1. The van der Waals surface area contributed by atoms with Crippen molar-refractivity contribution in [1.29, 1.82) is 0 Å². The van der Waals surface area contributed by atoms with E-state index in [1.165, 1.54) is 0 Å². The Balaban J connectivity index is 1.35. The molecule has 0 aliphatic carbocycles. The van der Waals surface area contributed by atoms with Gasteiger partial charge in [0, 0.05) is 57.0 Å². The molecular formula is C26H40FN9O2. The second kappa shape index (κ2) is 10.3. The number of hydrogen-bond donors (Lipinski definition) is 3. The summed E-state index contributed by atoms with van der Waals surface area (Å²) in [6.07, 6.45) is 2.20. The number of carbonyl (C=O) groups is 1. The molecule has 2 amide bonds. The van der Waals surface area contributed by atoms with E-state index < -0.39 is 11.4 Å². The van der Waals surface area contributed by atoms with Crippen molar-refractivity contribution in [2.45, 2.75) is 71.6 Å². The zero-order valence-corrected chi connectivity index (χ0v) is 23.1. The number of amides is 2. The topological polar surface area (TPSA) is 129 Å². The lowest BCUT2D eigenvalue weighted by molar-refractivity contribution is 0.00881. The number of nitrogens with one attached hydrogen (secondary N) is 2. The number of H-pyrrole nitrogens is 1. The van der Waals surface area contributed by atoms with Gasteiger partial charge in [0.05, 0.1) is 17.8 Å². The number of hydrogen-bond acceptors (Lipinski definition) is 8. The minimum atomic E-state index is -0.716. The summed E-state index contributed by atoms with van der Waals surface area (Å²) in [4.78, 5) is 28.7. The molecule has 1 unspecified atom stereocenters. The predicted molar refractivity (Wildman–Crippen MR) is 143 cm³/mol. The lowest BCUT2D eigenvalue weighted by Crippen LogP contribution is -2.62. The van der Waals surface area contributed by atoms with Crippen LogP contribution in [0.25, 0.3) is 11.4 Å². The zero-order chi connectivity index (χ0) is 27.2. The average Bonchev–Trinajstić information content (AvgIpc) is 3.42. The van der Waals surface area contributed by atoms with E-state index in [4.69, 9.17) is 10.5 Å². The Morgan fingerprint density at radius 2 is 1.92 bits per heavy atom. The minimum absolute atomic E-state index is 0.0216. The van der Waals surface area contributed by atoms with Gasteiger partial charge in [0.25, 0.3) is 0 Å². The summed E-state index contributed by atoms with van der Waals surface area (Å²) in [5, 5.41) is 10.4. The fourth-order valence-corrected chi connectivity index (χ4v) is 6.01. The molecule has 2 aromatic rings. The largest absolute Gasteiger partial charge is 0.381 e. The third-order valence-electron chi connectivity index (χ3n) is 8.33. The Hall–Kier alpha value is -2.99. The number of piperazine rings is 1. The maximum Gasteiger partial charge on any atom is 0.321 e. The third-order valence-corrected chi connectivity index (χ3v) is 8.33. The monoisotopic (exact) mass is 529 g/mol. The van der Waals surface area contributed by atoms with Crippen LogP contribution in [-0.4, -0.2) is 92.4 Å². The van der Waals surface area contributed by atoms with Gasteiger partial charge in [-0.3, -0.25) is 10.00 Å². The van der Waals surface area contributed by atoms with Gasteiger partial charge >= 0.3 is 6.03 Å². The van der Waals surface area contributed by atoms with Crippen LogP contribution in [0, 0.1) is 11.7 Å². The Bertz CT molecular complexity index is 1180. The SMILES string of the molecule is CCNc1nc(N)c(F)c(-c2n[nH]c3c2CN(C(=O)N2CC(C)N(CC4CCOCC4)C[C@@H]2C)C3(C)C)n1. The molecule has 0 saturated carbocycles. The number of nitrogens with two attached hydrogens (primary N) is 1. The highest BCUT2D eigenvalue weighted by atomic mass is 19.1. The van der Waals surface area contributed by atoms with Crippen LogP contribution in [0.2, 0.25) is 0 Å². The number of halogens is 1. The number of carbonyl (C=O) groups excluding carboxylic acids is 1. The number of aromatic nitrogens is 4. The van der Waals surface area contributed by atoms with Gasteiger partial charge in [-0.25, -0.2) is 14.2 Å². The van der Waals surface area contributed by atoms with Crippen molar-refractivity contribution in [2.75, 3.05) is 50.4 Å². The van der Waals surface area contributed by atoms with Gasteiger partial charge in [-0.2, -0.15) is 10.1 Å². The molecule has 12 heteroatoms. The summed E-state index contributed by atoms with van der Waals surface area (Å²) in [7, 11) is 0. The second-order valence-corrected chi connectivity index (χ2v) is 11.3. The number of anilines is 2. The molecule has 208 valence electrons. The predicted octanol–water partition coefficient (Wildman–Crippen LogP) is 3.01. The number of fused-ring (bicyclic) bond motifs is 1. The Kier molecular flexibility index (Phi) is 7.21. The first-order chi connectivity index (χ1) is 18.1. The number of aromatic amines is 1. The maximum atomic E-state index is 15.1. The molecule has 2 fully saturated rings. The van der Waals surface area contributed by atoms with Crippen LogP contribution in [0.1, 0.15) is 58.7 Å². The van der Waals surface area contributed by atoms with Gasteiger partial charge in [-0.05, 0) is 53.4 Å². The molecule has 4 N–H and O–H groups in total. The van der Waals surface area contributed by atoms with E-state index in [9.17, 15) is 4.79 Å². The fraction of sp³-hybridized carbons (Fsp3) is 0.692. The first-order valence-electron chi connectivity index (χ1n) is 13.7. The third kappa shape index (κ3) is 4.68. The Morgan fingerprint density at radius 3 is 2.63 bits per heavy atom. The summed E-state index contributed by atoms with van der Waals surface area (Å²) < 4.78 is 20.6. The van der Waals surface area contributed by atoms with E-state index >= 15 is 4.39 Å². The number of nitrogens with zero attached hydrogens (tertiary/aromatic N) is 6. The molecule has 3 aliphatic heterocycles. The summed E-state index contributed by atoms with van der Waals surface area (Å²) in [6.45, 7) is 15.3. The van der Waals surface area contributed by atoms with Crippen molar-refractivity contribution < 1.29 is 13.9 Å². The summed E-state index contributed by atoms with van der Waals surface area (Å²) in [5.41, 5.74) is 7.11. The quantitative estimate of drug-likeness (QED) is 0.539. The van der Waals surface area contributed by atoms with E-state index in [-0.39, 0.29) is 35.6 Å². The molecule has 0 radical (unpaired) electrons. The molecule has 2 atom stereocenters. The van der Waals surface area contributed by atoms with Crippen molar-refractivity contribution in [3.63, 3.8) is 0 Å². The van der Waals surface area contributed by atoms with Crippen LogP contribution in [0.5, 0.6) is 0 Å². The van der Waals surface area contributed by atoms with E-state index in [0.717, 1.165) is 50.4 Å². The first kappa shape index (κ1) is 26.6. The van der Waals surface area contributed by atoms with Gasteiger partial charge in [0.15, 0.2) is 11.6 Å². The molecule has 5 rings (SSSR count). The highest BCUT2D eigenvalue weighted by Gasteiger charge is 2.47. The molecule has 38 heavy (non-hydrogen) atoms. The lowest BCUT2D eigenvalue weighted by atomic mass is 9.97. The molecule has 0 bridgehead atoms. The summed E-state index contributed by atoms with van der Waals surface area (Å²) >= 11 is 0. The molecular weight excluding hydrogens is 489 g/mol. The van der Waals surface area contributed by atoms with Gasteiger partial charge in [-0.15, -0.1) is 0 Å². The molecule has 0 aromatic carbocycles. The maximum absolute atomic E-state index is 15.1. The fourth-order valence-electron chi connectivity index (χ4n) is 6.01. The highest BCUT2D eigenvalue weighted by Crippen LogP contribution is 2.43. The van der Waals surface area contributed by atoms with E-state index in [1.54, 1.807) is 0 Å². The van der Waals surface area contributed by atoms with Crippen molar-refractivity contribution >= 4 is 17.8 Å². The Labute approximate surface area is 223 Å². The van der Waals surface area contributed by atoms with Crippen molar-refractivity contribution in [3.05, 3.63) is 17.1 Å².